The first-order chi connectivity index (χ1) is 9.84. The van der Waals surface area contributed by atoms with E-state index in [-0.39, 0.29) is 25.5 Å². The number of carbonyl (C=O) groups is 1. The molecule has 0 bridgehead atoms. The van der Waals surface area contributed by atoms with Crippen molar-refractivity contribution >= 4 is 29.1 Å². The normalized spacial score (nSPS) is 13.6. The highest BCUT2D eigenvalue weighted by Crippen LogP contribution is 2.26. The predicted octanol–water partition coefficient (Wildman–Crippen LogP) is 3.43. The van der Waals surface area contributed by atoms with Gasteiger partial charge in [-0.3, -0.25) is 4.79 Å². The molecule has 0 radical (unpaired) electrons. The third kappa shape index (κ3) is 7.02. The molecule has 1 aromatic carbocycles. The molecule has 0 fully saturated rings. The van der Waals surface area contributed by atoms with Crippen molar-refractivity contribution in [3.63, 3.8) is 0 Å². The van der Waals surface area contributed by atoms with E-state index in [1.54, 1.807) is 25.1 Å². The Morgan fingerprint density at radius 2 is 2.10 bits per heavy atom. The van der Waals surface area contributed by atoms with Crippen molar-refractivity contribution in [2.24, 2.45) is 0 Å². The van der Waals surface area contributed by atoms with Crippen LogP contribution >= 0.6 is 23.2 Å². The minimum absolute atomic E-state index is 0.161. The van der Waals surface area contributed by atoms with Crippen LogP contribution in [0.15, 0.2) is 18.2 Å². The molecule has 0 aliphatic rings. The zero-order chi connectivity index (χ0) is 15.9. The zero-order valence-electron chi connectivity index (χ0n) is 12.3. The van der Waals surface area contributed by atoms with Crippen LogP contribution in [0, 0.1) is 0 Å². The maximum Gasteiger partial charge on any atom is 0.223 e. The monoisotopic (exact) mass is 333 g/mol. The Morgan fingerprint density at radius 3 is 2.71 bits per heavy atom. The van der Waals surface area contributed by atoms with Crippen molar-refractivity contribution in [3.8, 4) is 5.75 Å². The summed E-state index contributed by atoms with van der Waals surface area (Å²) in [7, 11) is 0. The number of ether oxygens (including phenoxy) is 1. The summed E-state index contributed by atoms with van der Waals surface area (Å²) >= 11 is 11.7. The van der Waals surface area contributed by atoms with Gasteiger partial charge in [-0.1, -0.05) is 36.5 Å². The molecule has 6 heteroatoms. The molecule has 0 saturated heterocycles. The molecule has 0 aromatic heterocycles. The summed E-state index contributed by atoms with van der Waals surface area (Å²) in [5.41, 5.74) is -0.866. The fourth-order valence-electron chi connectivity index (χ4n) is 1.83. The second kappa shape index (κ2) is 8.47. The van der Waals surface area contributed by atoms with Crippen LogP contribution < -0.4 is 10.1 Å². The Balaban J connectivity index is 2.29. The van der Waals surface area contributed by atoms with Crippen LogP contribution in [-0.2, 0) is 4.79 Å². The highest BCUT2D eigenvalue weighted by molar-refractivity contribution is 6.42. The molecule has 1 rings (SSSR count). The lowest BCUT2D eigenvalue weighted by molar-refractivity contribution is -0.122. The fourth-order valence-corrected chi connectivity index (χ4v) is 2.12. The van der Waals surface area contributed by atoms with E-state index in [4.69, 9.17) is 27.9 Å². The van der Waals surface area contributed by atoms with Gasteiger partial charge in [0.15, 0.2) is 0 Å². The minimum atomic E-state index is -0.866. The Kier molecular flexibility index (Phi) is 7.29. The molecule has 1 amide bonds. The Labute approximate surface area is 135 Å². The van der Waals surface area contributed by atoms with E-state index in [0.29, 0.717) is 22.2 Å². The zero-order valence-corrected chi connectivity index (χ0v) is 13.8. The van der Waals surface area contributed by atoms with E-state index in [9.17, 15) is 9.90 Å². The van der Waals surface area contributed by atoms with E-state index in [2.05, 4.69) is 5.32 Å². The van der Waals surface area contributed by atoms with Crippen LogP contribution in [0.3, 0.4) is 0 Å². The van der Waals surface area contributed by atoms with Gasteiger partial charge in [0.05, 0.1) is 28.7 Å². The number of rotatable bonds is 8. The molecule has 0 aliphatic carbocycles. The number of aliphatic hydroxyl groups is 1. The quantitative estimate of drug-likeness (QED) is 0.766. The van der Waals surface area contributed by atoms with Crippen molar-refractivity contribution in [2.75, 3.05) is 13.2 Å². The molecule has 21 heavy (non-hydrogen) atoms. The van der Waals surface area contributed by atoms with Gasteiger partial charge in [0.1, 0.15) is 5.75 Å². The summed E-state index contributed by atoms with van der Waals surface area (Å²) in [6, 6.07) is 4.94. The van der Waals surface area contributed by atoms with Crippen LogP contribution in [0.4, 0.5) is 0 Å². The summed E-state index contributed by atoms with van der Waals surface area (Å²) in [5.74, 6) is 0.404. The van der Waals surface area contributed by atoms with Gasteiger partial charge in [0, 0.05) is 12.6 Å². The van der Waals surface area contributed by atoms with E-state index in [0.717, 1.165) is 6.42 Å². The van der Waals surface area contributed by atoms with Crippen molar-refractivity contribution in [1.82, 2.24) is 5.32 Å². The van der Waals surface area contributed by atoms with Crippen molar-refractivity contribution in [3.05, 3.63) is 28.2 Å². The van der Waals surface area contributed by atoms with Gasteiger partial charge < -0.3 is 15.2 Å². The molecule has 0 aliphatic heterocycles. The molecule has 1 atom stereocenters. The molecule has 0 saturated carbocycles. The number of amides is 1. The first-order valence-electron chi connectivity index (χ1n) is 6.91. The summed E-state index contributed by atoms with van der Waals surface area (Å²) in [6.07, 6.45) is 1.72. The number of benzene rings is 1. The number of hydrogen-bond donors (Lipinski definition) is 2. The molecule has 1 unspecified atom stereocenters. The maximum absolute atomic E-state index is 11.7. The number of hydrogen-bond acceptors (Lipinski definition) is 3. The van der Waals surface area contributed by atoms with Gasteiger partial charge in [0.2, 0.25) is 5.91 Å². The SMILES string of the molecule is CCCC(C)(O)CNC(=O)CCOc1ccc(Cl)c(Cl)c1. The maximum atomic E-state index is 11.7. The first-order valence-corrected chi connectivity index (χ1v) is 7.66. The standard InChI is InChI=1S/C15H21Cl2NO3/c1-3-7-15(2,20)10-18-14(19)6-8-21-11-4-5-12(16)13(17)9-11/h4-5,9,20H,3,6-8,10H2,1-2H3,(H,18,19). The third-order valence-electron chi connectivity index (χ3n) is 2.94. The lowest BCUT2D eigenvalue weighted by Gasteiger charge is -2.22. The van der Waals surface area contributed by atoms with Gasteiger partial charge in [0.25, 0.3) is 0 Å². The van der Waals surface area contributed by atoms with Gasteiger partial charge in [-0.05, 0) is 25.5 Å². The van der Waals surface area contributed by atoms with E-state index >= 15 is 0 Å². The molecule has 0 heterocycles. The summed E-state index contributed by atoms with van der Waals surface area (Å²) in [5, 5.41) is 13.5. The lowest BCUT2D eigenvalue weighted by Crippen LogP contribution is -2.40. The van der Waals surface area contributed by atoms with E-state index in [1.165, 1.54) is 0 Å². The molecule has 2 N–H and O–H groups in total. The molecule has 0 spiro atoms. The summed E-state index contributed by atoms with van der Waals surface area (Å²) < 4.78 is 5.43. The molecular formula is C15H21Cl2NO3. The van der Waals surface area contributed by atoms with Crippen LogP contribution in [0.1, 0.15) is 33.1 Å². The second-order valence-corrected chi connectivity index (χ2v) is 6.01. The topological polar surface area (TPSA) is 58.6 Å². The van der Waals surface area contributed by atoms with Crippen LogP contribution in [0.2, 0.25) is 10.0 Å². The Morgan fingerprint density at radius 1 is 1.38 bits per heavy atom. The average Bonchev–Trinajstić information content (AvgIpc) is 2.41. The van der Waals surface area contributed by atoms with Crippen LogP contribution in [-0.4, -0.2) is 29.8 Å². The molecule has 1 aromatic rings. The third-order valence-corrected chi connectivity index (χ3v) is 3.68. The molecule has 4 nitrogen and oxygen atoms in total. The van der Waals surface area contributed by atoms with Gasteiger partial charge in [-0.15, -0.1) is 0 Å². The van der Waals surface area contributed by atoms with E-state index < -0.39 is 5.60 Å². The van der Waals surface area contributed by atoms with Gasteiger partial charge in [-0.25, -0.2) is 0 Å². The first kappa shape index (κ1) is 18.1. The van der Waals surface area contributed by atoms with Gasteiger partial charge >= 0.3 is 0 Å². The summed E-state index contributed by atoms with van der Waals surface area (Å²) in [6.45, 7) is 4.18. The molecular weight excluding hydrogens is 313 g/mol. The highest BCUT2D eigenvalue weighted by atomic mass is 35.5. The second-order valence-electron chi connectivity index (χ2n) is 5.20. The van der Waals surface area contributed by atoms with Crippen molar-refractivity contribution < 1.29 is 14.6 Å². The van der Waals surface area contributed by atoms with Crippen LogP contribution in [0.5, 0.6) is 5.75 Å². The number of halogens is 2. The predicted molar refractivity (Wildman–Crippen MR) is 85.1 cm³/mol. The number of carbonyl (C=O) groups excluding carboxylic acids is 1. The average molecular weight is 334 g/mol. The largest absolute Gasteiger partial charge is 0.493 e. The molecule has 118 valence electrons. The highest BCUT2D eigenvalue weighted by Gasteiger charge is 2.19. The minimum Gasteiger partial charge on any atom is -0.493 e. The lowest BCUT2D eigenvalue weighted by atomic mass is 10.0. The smallest absolute Gasteiger partial charge is 0.223 e. The Hall–Kier alpha value is -0.970. The fraction of sp³-hybridized carbons (Fsp3) is 0.533. The van der Waals surface area contributed by atoms with Gasteiger partial charge in [-0.2, -0.15) is 0 Å². The Bertz CT molecular complexity index is 478. The van der Waals surface area contributed by atoms with Crippen molar-refractivity contribution in [1.29, 1.82) is 0 Å². The van der Waals surface area contributed by atoms with Crippen molar-refractivity contribution in [2.45, 2.75) is 38.7 Å². The van der Waals surface area contributed by atoms with E-state index in [1.807, 2.05) is 6.92 Å². The number of nitrogens with one attached hydrogen (secondary N) is 1. The van der Waals surface area contributed by atoms with Crippen LogP contribution in [0.25, 0.3) is 0 Å². The summed E-state index contributed by atoms with van der Waals surface area (Å²) in [4.78, 5) is 11.7.